The number of halogens is 1. The average molecular weight is 406 g/mol. The van der Waals surface area contributed by atoms with Crippen LogP contribution in [0.25, 0.3) is 0 Å². The predicted molar refractivity (Wildman–Crippen MR) is 85.4 cm³/mol. The van der Waals surface area contributed by atoms with Crippen molar-refractivity contribution in [2.24, 2.45) is 5.73 Å². The van der Waals surface area contributed by atoms with Crippen LogP contribution >= 0.6 is 23.8 Å². The molecule has 1 rings (SSSR count). The van der Waals surface area contributed by atoms with Gasteiger partial charge in [-0.3, -0.25) is 6.08 Å². The van der Waals surface area contributed by atoms with Crippen molar-refractivity contribution in [3.8, 4) is 11.5 Å². The second-order valence-electron chi connectivity index (χ2n) is 3.06. The van der Waals surface area contributed by atoms with Gasteiger partial charge in [-0.05, 0) is 12.0 Å². The van der Waals surface area contributed by atoms with Crippen LogP contribution in [0.1, 0.15) is 5.56 Å². The predicted octanol–water partition coefficient (Wildman–Crippen LogP) is -4.02. The van der Waals surface area contributed by atoms with Crippen LogP contribution in [0.3, 0.4) is 0 Å². The number of primary amides is 1. The quantitative estimate of drug-likeness (QED) is 0.239. The number of benzene rings is 1. The van der Waals surface area contributed by atoms with E-state index in [4.69, 9.17) is 25.9 Å². The normalized spacial score (nSPS) is 7.96. The first-order valence-electron chi connectivity index (χ1n) is 5.18. The van der Waals surface area contributed by atoms with Crippen molar-refractivity contribution in [2.75, 3.05) is 14.2 Å². The van der Waals surface area contributed by atoms with Crippen molar-refractivity contribution in [3.63, 3.8) is 0 Å². The molecule has 0 saturated carbocycles. The van der Waals surface area contributed by atoms with Crippen LogP contribution in [0.15, 0.2) is 18.2 Å². The standard InChI is InChI=1S/C11H9ClO3.C2H4NO.CHS.2K/c1-14-10-7-9(12)11(15-2)6-8(10)4-3-5-13;1-2(3)4;1-2;;/h3,6-7H,1-2H3;1H2,(H2,3,4);1H;;/q-2;2*-1;2*+1. The average Bonchev–Trinajstić information content (AvgIpc) is 2.47. The van der Waals surface area contributed by atoms with E-state index < -0.39 is 5.91 Å². The Morgan fingerprint density at radius 1 is 1.30 bits per heavy atom. The van der Waals surface area contributed by atoms with Gasteiger partial charge in [0.05, 0.1) is 25.9 Å². The number of hydrogen-bond acceptors (Lipinski definition) is 5. The molecule has 1 aromatic carbocycles. The molecular formula is C14H14ClK2NO4S-2. The van der Waals surface area contributed by atoms with Gasteiger partial charge in [0.1, 0.15) is 0 Å². The number of carbonyl (C=O) groups is 1. The van der Waals surface area contributed by atoms with Gasteiger partial charge in [-0.2, -0.15) is 6.07 Å². The third-order valence-electron chi connectivity index (χ3n) is 1.76. The van der Waals surface area contributed by atoms with Gasteiger partial charge in [-0.1, -0.05) is 17.7 Å². The summed E-state index contributed by atoms with van der Waals surface area (Å²) >= 11 is 9.48. The summed E-state index contributed by atoms with van der Waals surface area (Å²) in [5.74, 6) is 4.52. The molecule has 0 atom stereocenters. The van der Waals surface area contributed by atoms with Crippen LogP contribution < -0.4 is 118 Å². The topological polar surface area (TPSA) is 78.6 Å². The second kappa shape index (κ2) is 21.3. The van der Waals surface area contributed by atoms with Gasteiger partial charge in [-0.25, -0.2) is 11.6 Å². The zero-order valence-electron chi connectivity index (χ0n) is 13.5. The van der Waals surface area contributed by atoms with Crippen molar-refractivity contribution >= 4 is 41.9 Å². The Balaban J connectivity index is -0.000000198. The summed E-state index contributed by atoms with van der Waals surface area (Å²) in [5.41, 5.74) is 4.95. The first-order valence-corrected chi connectivity index (χ1v) is 6.03. The molecule has 1 amide bonds. The van der Waals surface area contributed by atoms with E-state index in [9.17, 15) is 4.79 Å². The van der Waals surface area contributed by atoms with Crippen molar-refractivity contribution in [3.05, 3.63) is 41.8 Å². The molecule has 1 aromatic rings. The fraction of sp³-hybridized carbons (Fsp3) is 0.143. The number of ether oxygens (including phenoxy) is 2. The fourth-order valence-electron chi connectivity index (χ4n) is 1.08. The number of methoxy groups -OCH3 is 2. The van der Waals surface area contributed by atoms with Crippen LogP contribution in [0, 0.1) is 13.0 Å². The zero-order valence-corrected chi connectivity index (χ0v) is 21.3. The summed E-state index contributed by atoms with van der Waals surface area (Å²) < 4.78 is 10.1. The maximum absolute atomic E-state index is 10.1. The molecule has 0 heterocycles. The maximum Gasteiger partial charge on any atom is 1.00 e. The van der Waals surface area contributed by atoms with Crippen molar-refractivity contribution < 1.29 is 122 Å². The van der Waals surface area contributed by atoms with E-state index in [0.717, 1.165) is 6.08 Å². The molecule has 0 aliphatic heterocycles. The molecule has 23 heavy (non-hydrogen) atoms. The van der Waals surface area contributed by atoms with Crippen LogP contribution in [0.2, 0.25) is 5.02 Å². The molecule has 116 valence electrons. The van der Waals surface area contributed by atoms with Gasteiger partial charge in [0, 0.05) is 5.02 Å². The molecule has 5 nitrogen and oxygen atoms in total. The van der Waals surface area contributed by atoms with E-state index in [1.54, 1.807) is 18.4 Å². The molecular weight excluding hydrogens is 392 g/mol. The summed E-state index contributed by atoms with van der Waals surface area (Å²) in [6.07, 6.45) is 5.44. The monoisotopic (exact) mass is 405 g/mol. The molecule has 0 aliphatic carbocycles. The van der Waals surface area contributed by atoms with Crippen LogP contribution in [0.4, 0.5) is 0 Å². The Morgan fingerprint density at radius 3 is 2.09 bits per heavy atom. The molecule has 0 aliphatic rings. The van der Waals surface area contributed by atoms with E-state index in [-0.39, 0.29) is 103 Å². The number of thiocarbonyl (C=S) groups is 1. The molecule has 0 radical (unpaired) electrons. The molecule has 0 saturated heterocycles. The number of rotatable bonds is 4. The maximum atomic E-state index is 10.1. The van der Waals surface area contributed by atoms with E-state index >= 15 is 0 Å². The number of hydrogen-bond donors (Lipinski definition) is 1. The van der Waals surface area contributed by atoms with Gasteiger partial charge in [0.25, 0.3) is 0 Å². The van der Waals surface area contributed by atoms with Crippen LogP contribution in [-0.2, 0) is 9.59 Å². The number of carbonyl (C=O) groups excluding carboxylic acids is 2. The Kier molecular flexibility index (Phi) is 29.5. The summed E-state index contributed by atoms with van der Waals surface area (Å²) in [5, 5.41) is 0.440. The summed E-state index contributed by atoms with van der Waals surface area (Å²) in [4.78, 5) is 19.2. The van der Waals surface area contributed by atoms with E-state index in [0.29, 0.717) is 22.1 Å². The van der Waals surface area contributed by atoms with E-state index in [1.807, 2.05) is 0 Å². The van der Waals surface area contributed by atoms with Gasteiger partial charge in [0.15, 0.2) is 0 Å². The minimum Gasteiger partial charge on any atom is -0.582 e. The molecule has 0 aromatic heterocycles. The Bertz CT molecular complexity index is 498. The molecule has 0 fully saturated rings. The SMILES string of the molecule is COc1cc([C-]=C[C-]=O)c(OC)cc1Cl.[CH-]=S.[CH2-]C(N)=O.[K+].[K+]. The van der Waals surface area contributed by atoms with Crippen LogP contribution in [-0.4, -0.2) is 32.3 Å². The summed E-state index contributed by atoms with van der Waals surface area (Å²) in [7, 11) is 3.01. The summed E-state index contributed by atoms with van der Waals surface area (Å²) in [6, 6.07) is 3.23. The molecule has 0 spiro atoms. The summed E-state index contributed by atoms with van der Waals surface area (Å²) in [6.45, 7) is 2.78. The second-order valence-corrected chi connectivity index (χ2v) is 3.47. The number of amides is 1. The minimum atomic E-state index is -0.583. The van der Waals surface area contributed by atoms with Gasteiger partial charge >= 0.3 is 103 Å². The van der Waals surface area contributed by atoms with Crippen molar-refractivity contribution in [1.29, 1.82) is 0 Å². The number of nitrogens with two attached hydrogens (primary N) is 1. The van der Waals surface area contributed by atoms with E-state index in [1.165, 1.54) is 14.2 Å². The molecule has 0 unspecified atom stereocenters. The minimum absolute atomic E-state index is 0. The molecule has 0 bridgehead atoms. The molecule has 2 N–H and O–H groups in total. The van der Waals surface area contributed by atoms with Gasteiger partial charge in [-0.15, -0.1) is 0 Å². The van der Waals surface area contributed by atoms with Crippen LogP contribution in [0.5, 0.6) is 11.5 Å². The smallest absolute Gasteiger partial charge is 0.582 e. The largest absolute Gasteiger partial charge is 1.00 e. The van der Waals surface area contributed by atoms with Gasteiger partial charge < -0.3 is 49.8 Å². The van der Waals surface area contributed by atoms with Crippen molar-refractivity contribution in [1.82, 2.24) is 0 Å². The Hall–Kier alpha value is 1.22. The number of allylic oxidation sites excluding steroid dienone is 1. The van der Waals surface area contributed by atoms with Gasteiger partial charge in [0.2, 0.25) is 0 Å². The molecule has 9 heteroatoms. The first kappa shape index (κ1) is 31.9. The Morgan fingerprint density at radius 2 is 1.74 bits per heavy atom. The van der Waals surface area contributed by atoms with E-state index in [2.05, 4.69) is 36.8 Å². The third kappa shape index (κ3) is 16.4. The van der Waals surface area contributed by atoms with Crippen molar-refractivity contribution in [2.45, 2.75) is 0 Å². The first-order chi connectivity index (χ1) is 9.96. The fourth-order valence-corrected chi connectivity index (χ4v) is 1.31. The third-order valence-corrected chi connectivity index (χ3v) is 2.06. The zero-order chi connectivity index (χ0) is 16.8. The Labute approximate surface area is 232 Å².